The predicted octanol–water partition coefficient (Wildman–Crippen LogP) is 3.63. The number of hydrogen-bond acceptors (Lipinski definition) is 4. The molecule has 1 aliphatic heterocycles. The van der Waals surface area contributed by atoms with Crippen LogP contribution in [0, 0.1) is 11.8 Å². The van der Waals surface area contributed by atoms with Gasteiger partial charge in [-0.2, -0.15) is 0 Å². The van der Waals surface area contributed by atoms with Crippen molar-refractivity contribution in [3.05, 3.63) is 24.0 Å². The van der Waals surface area contributed by atoms with Crippen LogP contribution in [0.2, 0.25) is 0 Å². The molecule has 1 aromatic heterocycles. The number of H-pyrrole nitrogens is 1. The topological polar surface area (TPSA) is 95.5 Å². The first kappa shape index (κ1) is 21.1. The largest absolute Gasteiger partial charge is 0.494 e. The Morgan fingerprint density at radius 2 is 2.14 bits per heavy atom. The van der Waals surface area contributed by atoms with E-state index in [1.54, 1.807) is 7.11 Å². The van der Waals surface area contributed by atoms with Gasteiger partial charge in [-0.1, -0.05) is 25.8 Å². The molecule has 2 N–H and O–H groups in total. The maximum atomic E-state index is 12.6. The smallest absolute Gasteiger partial charge is 0.303 e. The van der Waals surface area contributed by atoms with Crippen LogP contribution in [0.5, 0.6) is 5.75 Å². The first-order valence-corrected chi connectivity index (χ1v) is 10.5. The Morgan fingerprint density at radius 1 is 1.31 bits per heavy atom. The second kappa shape index (κ2) is 9.76. The average molecular weight is 402 g/mol. The summed E-state index contributed by atoms with van der Waals surface area (Å²) in [6.07, 6.45) is 5.11. The molecule has 1 aliphatic rings. The Morgan fingerprint density at radius 3 is 2.86 bits per heavy atom. The van der Waals surface area contributed by atoms with E-state index in [9.17, 15) is 14.7 Å². The van der Waals surface area contributed by atoms with Crippen molar-refractivity contribution in [1.29, 1.82) is 0 Å². The van der Waals surface area contributed by atoms with Gasteiger partial charge in [-0.15, -0.1) is 0 Å². The Balaban J connectivity index is 1.74. The van der Waals surface area contributed by atoms with E-state index in [2.05, 4.69) is 11.9 Å². The summed E-state index contributed by atoms with van der Waals surface area (Å²) >= 11 is 0. The molecule has 1 amide bonds. The Labute approximate surface area is 171 Å². The van der Waals surface area contributed by atoms with Crippen molar-refractivity contribution in [2.45, 2.75) is 51.9 Å². The molecule has 2 unspecified atom stereocenters. The van der Waals surface area contributed by atoms with E-state index in [-0.39, 0.29) is 24.2 Å². The van der Waals surface area contributed by atoms with E-state index < -0.39 is 5.97 Å². The van der Waals surface area contributed by atoms with Crippen LogP contribution >= 0.6 is 0 Å². The lowest BCUT2D eigenvalue weighted by molar-refractivity contribution is -0.140. The summed E-state index contributed by atoms with van der Waals surface area (Å²) < 4.78 is 5.39. The van der Waals surface area contributed by atoms with Gasteiger partial charge in [-0.05, 0) is 36.8 Å². The van der Waals surface area contributed by atoms with Gasteiger partial charge in [0.25, 0.3) is 0 Å². The molecule has 7 nitrogen and oxygen atoms in total. The SMILES string of the molecule is CCCCCC(=O)N1CCC(CC(=O)O)C(Cc2nc3c(OC)cccc3[nH]2)C1. The molecule has 1 fully saturated rings. The second-order valence-electron chi connectivity index (χ2n) is 7.95. The summed E-state index contributed by atoms with van der Waals surface area (Å²) in [5, 5.41) is 9.33. The highest BCUT2D eigenvalue weighted by atomic mass is 16.5. The van der Waals surface area contributed by atoms with E-state index in [4.69, 9.17) is 9.72 Å². The lowest BCUT2D eigenvalue weighted by Crippen LogP contribution is -2.45. The summed E-state index contributed by atoms with van der Waals surface area (Å²) in [6, 6.07) is 5.73. The first-order valence-electron chi connectivity index (χ1n) is 10.5. The molecule has 0 spiro atoms. The number of carboxylic acids is 1. The van der Waals surface area contributed by atoms with Gasteiger partial charge in [0.05, 0.1) is 12.6 Å². The number of likely N-dealkylation sites (tertiary alicyclic amines) is 1. The highest BCUT2D eigenvalue weighted by Gasteiger charge is 2.33. The molecule has 2 heterocycles. The molecule has 2 atom stereocenters. The minimum atomic E-state index is -0.783. The maximum absolute atomic E-state index is 12.6. The van der Waals surface area contributed by atoms with Crippen molar-refractivity contribution in [2.75, 3.05) is 20.2 Å². The number of hydrogen-bond donors (Lipinski definition) is 2. The van der Waals surface area contributed by atoms with E-state index in [0.29, 0.717) is 31.7 Å². The number of ether oxygens (including phenoxy) is 1. The molecular weight excluding hydrogens is 370 g/mol. The van der Waals surface area contributed by atoms with E-state index in [0.717, 1.165) is 42.5 Å². The highest BCUT2D eigenvalue weighted by molar-refractivity contribution is 5.81. The third-order valence-corrected chi connectivity index (χ3v) is 5.88. The van der Waals surface area contributed by atoms with Gasteiger partial charge in [-0.25, -0.2) is 4.98 Å². The molecule has 0 bridgehead atoms. The summed E-state index contributed by atoms with van der Waals surface area (Å²) in [7, 11) is 1.62. The summed E-state index contributed by atoms with van der Waals surface area (Å²) in [4.78, 5) is 33.9. The number of aromatic amines is 1. The normalized spacial score (nSPS) is 19.4. The number of nitrogens with zero attached hydrogens (tertiary/aromatic N) is 2. The number of fused-ring (bicyclic) bond motifs is 1. The Bertz CT molecular complexity index is 848. The van der Waals surface area contributed by atoms with Crippen molar-refractivity contribution in [3.8, 4) is 5.75 Å². The number of piperidine rings is 1. The summed E-state index contributed by atoms with van der Waals surface area (Å²) in [5.41, 5.74) is 1.68. The number of carbonyl (C=O) groups excluding carboxylic acids is 1. The number of nitrogens with one attached hydrogen (secondary N) is 1. The van der Waals surface area contributed by atoms with Gasteiger partial charge in [0.2, 0.25) is 5.91 Å². The van der Waals surface area contributed by atoms with Crippen LogP contribution in [0.15, 0.2) is 18.2 Å². The van der Waals surface area contributed by atoms with Gasteiger partial charge < -0.3 is 19.7 Å². The number of aromatic nitrogens is 2. The number of unbranched alkanes of at least 4 members (excludes halogenated alkanes) is 2. The van der Waals surface area contributed by atoms with Crippen LogP contribution < -0.4 is 4.74 Å². The third-order valence-electron chi connectivity index (χ3n) is 5.88. The van der Waals surface area contributed by atoms with Gasteiger partial charge in [0.15, 0.2) is 0 Å². The number of methoxy groups -OCH3 is 1. The molecule has 158 valence electrons. The van der Waals surface area contributed by atoms with Crippen molar-refractivity contribution < 1.29 is 19.4 Å². The first-order chi connectivity index (χ1) is 14.0. The van der Waals surface area contributed by atoms with Gasteiger partial charge in [0.1, 0.15) is 17.1 Å². The van der Waals surface area contributed by atoms with E-state index in [1.807, 2.05) is 23.1 Å². The zero-order chi connectivity index (χ0) is 20.8. The van der Waals surface area contributed by atoms with Crippen LogP contribution in [0.25, 0.3) is 11.0 Å². The van der Waals surface area contributed by atoms with E-state index >= 15 is 0 Å². The molecule has 0 aliphatic carbocycles. The molecule has 7 heteroatoms. The van der Waals surface area contributed by atoms with Crippen LogP contribution in [0.4, 0.5) is 0 Å². The van der Waals surface area contributed by atoms with Crippen LogP contribution in [-0.2, 0) is 16.0 Å². The van der Waals surface area contributed by atoms with E-state index in [1.165, 1.54) is 0 Å². The fourth-order valence-corrected chi connectivity index (χ4v) is 4.28. The quantitative estimate of drug-likeness (QED) is 0.626. The van der Waals surface area contributed by atoms with Gasteiger partial charge >= 0.3 is 5.97 Å². The number of imidazole rings is 1. The molecule has 3 rings (SSSR count). The molecular formula is C22H31N3O4. The van der Waals surface area contributed by atoms with Crippen molar-refractivity contribution in [1.82, 2.24) is 14.9 Å². The average Bonchev–Trinajstić information content (AvgIpc) is 3.11. The number of aliphatic carboxylic acids is 1. The van der Waals surface area contributed by atoms with Crippen molar-refractivity contribution in [3.63, 3.8) is 0 Å². The molecule has 2 aromatic rings. The Kier molecular flexibility index (Phi) is 7.12. The van der Waals surface area contributed by atoms with Crippen LogP contribution in [0.1, 0.15) is 51.3 Å². The van der Waals surface area contributed by atoms with Gasteiger partial charge in [-0.3, -0.25) is 9.59 Å². The summed E-state index contributed by atoms with van der Waals surface area (Å²) in [5.74, 6) is 1.04. The molecule has 0 radical (unpaired) electrons. The molecule has 1 saturated heterocycles. The van der Waals surface area contributed by atoms with Crippen molar-refractivity contribution in [2.24, 2.45) is 11.8 Å². The number of rotatable bonds is 9. The number of carbonyl (C=O) groups is 2. The molecule has 29 heavy (non-hydrogen) atoms. The second-order valence-corrected chi connectivity index (χ2v) is 7.95. The molecule has 1 aromatic carbocycles. The standard InChI is InChI=1S/C22H31N3O4/c1-3-4-5-9-20(26)25-11-10-15(13-21(27)28)16(14-25)12-19-23-17-7-6-8-18(29-2)22(17)24-19/h6-8,15-16H,3-5,9-14H2,1-2H3,(H,23,24)(H,27,28). The minimum absolute atomic E-state index is 0.0438. The highest BCUT2D eigenvalue weighted by Crippen LogP contribution is 2.31. The predicted molar refractivity (Wildman–Crippen MR) is 111 cm³/mol. The zero-order valence-corrected chi connectivity index (χ0v) is 17.3. The van der Waals surface area contributed by atoms with Crippen LogP contribution in [0.3, 0.4) is 0 Å². The number of benzene rings is 1. The molecule has 0 saturated carbocycles. The third kappa shape index (κ3) is 5.28. The summed E-state index contributed by atoms with van der Waals surface area (Å²) in [6.45, 7) is 3.37. The lowest BCUT2D eigenvalue weighted by Gasteiger charge is -2.38. The number of para-hydroxylation sites is 1. The van der Waals surface area contributed by atoms with Crippen LogP contribution in [-0.4, -0.2) is 52.1 Å². The van der Waals surface area contributed by atoms with Crippen molar-refractivity contribution >= 4 is 22.9 Å². The lowest BCUT2D eigenvalue weighted by atomic mass is 9.81. The minimum Gasteiger partial charge on any atom is -0.494 e. The zero-order valence-electron chi connectivity index (χ0n) is 17.3. The fraction of sp³-hybridized carbons (Fsp3) is 0.591. The Hall–Kier alpha value is -2.57. The monoisotopic (exact) mass is 401 g/mol. The van der Waals surface area contributed by atoms with Gasteiger partial charge in [0, 0.05) is 32.4 Å². The fourth-order valence-electron chi connectivity index (χ4n) is 4.28. The number of amides is 1. The maximum Gasteiger partial charge on any atom is 0.303 e. The number of carboxylic acid groups (broad SMARTS) is 1.